The summed E-state index contributed by atoms with van der Waals surface area (Å²) in [7, 11) is 0. The maximum absolute atomic E-state index is 12.3. The molecule has 2 aromatic rings. The van der Waals surface area contributed by atoms with Crippen LogP contribution in [0, 0.1) is 0 Å². The van der Waals surface area contributed by atoms with Crippen molar-refractivity contribution in [3.63, 3.8) is 0 Å². The van der Waals surface area contributed by atoms with Crippen LogP contribution in [0.3, 0.4) is 0 Å². The van der Waals surface area contributed by atoms with Crippen molar-refractivity contribution >= 4 is 38.6 Å². The Hall–Kier alpha value is -1.69. The van der Waals surface area contributed by atoms with Crippen LogP contribution >= 0.6 is 15.9 Å². The average molecular weight is 377 g/mol. The number of nitrogens with zero attached hydrogens (tertiary/aromatic N) is 3. The second kappa shape index (κ2) is 7.73. The Kier molecular flexibility index (Phi) is 5.43. The zero-order valence-corrected chi connectivity index (χ0v) is 14.7. The zero-order valence-electron chi connectivity index (χ0n) is 13.1. The van der Waals surface area contributed by atoms with Crippen LogP contribution in [0.15, 0.2) is 29.0 Å². The largest absolute Gasteiger partial charge is 0.383 e. The van der Waals surface area contributed by atoms with Crippen molar-refractivity contribution in [1.82, 2.24) is 14.9 Å². The highest BCUT2D eigenvalue weighted by molar-refractivity contribution is 9.10. The number of carbonyl (C=O) groups excluding carboxylic acids is 1. The van der Waals surface area contributed by atoms with Crippen LogP contribution in [0.2, 0.25) is 0 Å². The third-order valence-electron chi connectivity index (χ3n) is 4.16. The predicted molar refractivity (Wildman–Crippen MR) is 95.4 cm³/mol. The van der Waals surface area contributed by atoms with Gasteiger partial charge in [-0.2, -0.15) is 0 Å². The Morgan fingerprint density at radius 3 is 2.78 bits per heavy atom. The average Bonchev–Trinajstić information content (AvgIpc) is 2.84. The SMILES string of the molecule is O=C(CCNc1ccnc2cc(Br)cnc12)N1CCCCCC1. The Bertz CT molecular complexity index is 683. The summed E-state index contributed by atoms with van der Waals surface area (Å²) in [5.74, 6) is 0.244. The monoisotopic (exact) mass is 376 g/mol. The van der Waals surface area contributed by atoms with E-state index >= 15 is 0 Å². The van der Waals surface area contributed by atoms with E-state index in [9.17, 15) is 4.79 Å². The second-order valence-corrected chi connectivity index (χ2v) is 6.77. The molecule has 1 amide bonds. The number of anilines is 1. The molecule has 122 valence electrons. The molecule has 6 heteroatoms. The lowest BCUT2D eigenvalue weighted by atomic mass is 10.2. The van der Waals surface area contributed by atoms with Crippen molar-refractivity contribution in [3.8, 4) is 0 Å². The summed E-state index contributed by atoms with van der Waals surface area (Å²) in [6.07, 6.45) is 8.78. The molecule has 0 spiro atoms. The number of fused-ring (bicyclic) bond motifs is 1. The predicted octanol–water partition coefficient (Wildman–Crippen LogP) is 3.60. The smallest absolute Gasteiger partial charge is 0.224 e. The molecule has 1 saturated heterocycles. The first-order chi connectivity index (χ1) is 11.2. The molecule has 0 radical (unpaired) electrons. The van der Waals surface area contributed by atoms with Gasteiger partial charge in [0.25, 0.3) is 0 Å². The van der Waals surface area contributed by atoms with Crippen LogP contribution in [-0.4, -0.2) is 40.4 Å². The van der Waals surface area contributed by atoms with Gasteiger partial charge < -0.3 is 10.2 Å². The van der Waals surface area contributed by atoms with Gasteiger partial charge in [0, 0.05) is 42.9 Å². The lowest BCUT2D eigenvalue weighted by molar-refractivity contribution is -0.130. The van der Waals surface area contributed by atoms with E-state index < -0.39 is 0 Å². The first-order valence-corrected chi connectivity index (χ1v) is 8.95. The van der Waals surface area contributed by atoms with Crippen molar-refractivity contribution in [2.24, 2.45) is 0 Å². The normalized spacial score (nSPS) is 15.4. The number of nitrogens with one attached hydrogen (secondary N) is 1. The molecular weight excluding hydrogens is 356 g/mol. The van der Waals surface area contributed by atoms with Crippen LogP contribution < -0.4 is 5.32 Å². The molecule has 1 N–H and O–H groups in total. The van der Waals surface area contributed by atoms with Crippen LogP contribution in [0.5, 0.6) is 0 Å². The fourth-order valence-electron chi connectivity index (χ4n) is 2.93. The summed E-state index contributed by atoms with van der Waals surface area (Å²) in [4.78, 5) is 23.0. The van der Waals surface area contributed by atoms with Gasteiger partial charge in [-0.15, -0.1) is 0 Å². The van der Waals surface area contributed by atoms with Gasteiger partial charge >= 0.3 is 0 Å². The van der Waals surface area contributed by atoms with Gasteiger partial charge in [0.1, 0.15) is 5.52 Å². The number of pyridine rings is 2. The van der Waals surface area contributed by atoms with Gasteiger partial charge in [0.05, 0.1) is 11.2 Å². The first kappa shape index (κ1) is 16.2. The van der Waals surface area contributed by atoms with Crippen molar-refractivity contribution in [3.05, 3.63) is 29.0 Å². The highest BCUT2D eigenvalue weighted by Crippen LogP contribution is 2.22. The summed E-state index contributed by atoms with van der Waals surface area (Å²) < 4.78 is 0.908. The van der Waals surface area contributed by atoms with E-state index in [-0.39, 0.29) is 5.91 Å². The molecule has 1 aliphatic heterocycles. The standard InChI is InChI=1S/C17H21BrN4O/c18-13-11-15-17(21-12-13)14(5-7-20-15)19-8-6-16(23)22-9-3-1-2-4-10-22/h5,7,11-12H,1-4,6,8-10H2,(H,19,20). The summed E-state index contributed by atoms with van der Waals surface area (Å²) in [6.45, 7) is 2.44. The maximum Gasteiger partial charge on any atom is 0.224 e. The van der Waals surface area contributed by atoms with Crippen molar-refractivity contribution in [2.45, 2.75) is 32.1 Å². The number of hydrogen-bond donors (Lipinski definition) is 1. The van der Waals surface area contributed by atoms with Crippen LogP contribution in [0.4, 0.5) is 5.69 Å². The molecule has 0 atom stereocenters. The highest BCUT2D eigenvalue weighted by Gasteiger charge is 2.15. The van der Waals surface area contributed by atoms with Gasteiger partial charge in [-0.25, -0.2) is 0 Å². The van der Waals surface area contributed by atoms with Gasteiger partial charge in [0.15, 0.2) is 0 Å². The van der Waals surface area contributed by atoms with Gasteiger partial charge in [-0.3, -0.25) is 14.8 Å². The minimum atomic E-state index is 0.244. The number of amides is 1. The van der Waals surface area contributed by atoms with E-state index in [1.807, 2.05) is 17.0 Å². The van der Waals surface area contributed by atoms with Gasteiger partial charge in [0.2, 0.25) is 5.91 Å². The van der Waals surface area contributed by atoms with E-state index in [1.54, 1.807) is 12.4 Å². The third-order valence-corrected chi connectivity index (χ3v) is 4.59. The molecule has 3 rings (SSSR count). The number of halogens is 1. The minimum absolute atomic E-state index is 0.244. The van der Waals surface area contributed by atoms with Crippen LogP contribution in [0.25, 0.3) is 11.0 Å². The van der Waals surface area contributed by atoms with E-state index in [2.05, 4.69) is 31.2 Å². The third kappa shape index (κ3) is 4.19. The maximum atomic E-state index is 12.3. The molecule has 1 fully saturated rings. The molecule has 0 bridgehead atoms. The Morgan fingerprint density at radius 1 is 1.22 bits per heavy atom. The van der Waals surface area contributed by atoms with Crippen molar-refractivity contribution < 1.29 is 4.79 Å². The molecule has 3 heterocycles. The minimum Gasteiger partial charge on any atom is -0.383 e. The number of rotatable bonds is 4. The summed E-state index contributed by atoms with van der Waals surface area (Å²) in [5.41, 5.74) is 2.59. The van der Waals surface area contributed by atoms with Gasteiger partial charge in [-0.05, 0) is 40.9 Å². The van der Waals surface area contributed by atoms with E-state index in [4.69, 9.17) is 0 Å². The molecule has 0 aliphatic carbocycles. The first-order valence-electron chi connectivity index (χ1n) is 8.16. The lowest BCUT2D eigenvalue weighted by Crippen LogP contribution is -2.32. The van der Waals surface area contributed by atoms with Crippen LogP contribution in [-0.2, 0) is 4.79 Å². The topological polar surface area (TPSA) is 58.1 Å². The number of carbonyl (C=O) groups is 1. The fraction of sp³-hybridized carbons (Fsp3) is 0.471. The molecule has 23 heavy (non-hydrogen) atoms. The van der Waals surface area contributed by atoms with Crippen molar-refractivity contribution in [2.75, 3.05) is 25.0 Å². The Balaban J connectivity index is 1.59. The van der Waals surface area contributed by atoms with Crippen molar-refractivity contribution in [1.29, 1.82) is 0 Å². The second-order valence-electron chi connectivity index (χ2n) is 5.85. The molecule has 0 unspecified atom stereocenters. The Labute approximate surface area is 144 Å². The molecule has 2 aromatic heterocycles. The zero-order chi connectivity index (χ0) is 16.1. The summed E-state index contributed by atoms with van der Waals surface area (Å²) >= 11 is 3.41. The molecule has 0 saturated carbocycles. The molecular formula is C17H21BrN4O. The summed E-state index contributed by atoms with van der Waals surface area (Å²) in [5, 5.41) is 3.33. The molecule has 5 nitrogen and oxygen atoms in total. The molecule has 1 aliphatic rings. The fourth-order valence-corrected chi connectivity index (χ4v) is 3.25. The number of likely N-dealkylation sites (tertiary alicyclic amines) is 1. The summed E-state index contributed by atoms with van der Waals surface area (Å²) in [6, 6.07) is 3.84. The number of aromatic nitrogens is 2. The van der Waals surface area contributed by atoms with E-state index in [0.717, 1.165) is 47.1 Å². The van der Waals surface area contributed by atoms with Crippen LogP contribution in [0.1, 0.15) is 32.1 Å². The number of hydrogen-bond acceptors (Lipinski definition) is 4. The quantitative estimate of drug-likeness (QED) is 0.885. The van der Waals surface area contributed by atoms with E-state index in [0.29, 0.717) is 13.0 Å². The Morgan fingerprint density at radius 2 is 2.00 bits per heavy atom. The highest BCUT2D eigenvalue weighted by atomic mass is 79.9. The lowest BCUT2D eigenvalue weighted by Gasteiger charge is -2.20. The van der Waals surface area contributed by atoms with Gasteiger partial charge in [-0.1, -0.05) is 12.8 Å². The molecule has 0 aromatic carbocycles. The van der Waals surface area contributed by atoms with E-state index in [1.165, 1.54) is 12.8 Å².